The molecule has 1 aromatic rings. The second-order valence-corrected chi connectivity index (χ2v) is 4.70. The van der Waals surface area contributed by atoms with Crippen LogP contribution in [0.1, 0.15) is 37.3 Å². The standard InChI is InChI=1S/C15H21NO3/c1-5-11(2)13-8-6-12(7-9-13)10-16(3)14(17)15(18)19-4/h6-9,11H,5,10H2,1-4H3. The molecule has 0 N–H and O–H groups in total. The number of carbonyl (C=O) groups is 2. The van der Waals surface area contributed by atoms with Crippen LogP contribution < -0.4 is 0 Å². The molecule has 104 valence electrons. The van der Waals surface area contributed by atoms with Crippen molar-refractivity contribution in [1.82, 2.24) is 4.90 Å². The minimum absolute atomic E-state index is 0.398. The summed E-state index contributed by atoms with van der Waals surface area (Å²) in [5, 5.41) is 0. The van der Waals surface area contributed by atoms with Crippen LogP contribution >= 0.6 is 0 Å². The van der Waals surface area contributed by atoms with Gasteiger partial charge in [0.15, 0.2) is 0 Å². The highest BCUT2D eigenvalue weighted by molar-refractivity contribution is 6.32. The normalized spacial score (nSPS) is 11.8. The van der Waals surface area contributed by atoms with Gasteiger partial charge in [0.1, 0.15) is 0 Å². The van der Waals surface area contributed by atoms with Crippen molar-refractivity contribution in [2.75, 3.05) is 14.2 Å². The first kappa shape index (κ1) is 15.2. The summed E-state index contributed by atoms with van der Waals surface area (Å²) in [5.74, 6) is -0.935. The number of nitrogens with zero attached hydrogens (tertiary/aromatic N) is 1. The summed E-state index contributed by atoms with van der Waals surface area (Å²) in [5.41, 5.74) is 2.28. The van der Waals surface area contributed by atoms with E-state index in [0.29, 0.717) is 12.5 Å². The van der Waals surface area contributed by atoms with E-state index < -0.39 is 11.9 Å². The van der Waals surface area contributed by atoms with E-state index in [0.717, 1.165) is 12.0 Å². The highest BCUT2D eigenvalue weighted by atomic mass is 16.5. The SMILES string of the molecule is CCC(C)c1ccc(CN(C)C(=O)C(=O)OC)cc1. The van der Waals surface area contributed by atoms with Crippen LogP contribution in [0.15, 0.2) is 24.3 Å². The molecule has 4 heteroatoms. The van der Waals surface area contributed by atoms with Gasteiger partial charge >= 0.3 is 11.9 Å². The summed E-state index contributed by atoms with van der Waals surface area (Å²) in [7, 11) is 2.79. The summed E-state index contributed by atoms with van der Waals surface area (Å²) < 4.78 is 4.41. The zero-order chi connectivity index (χ0) is 14.4. The molecule has 1 aromatic carbocycles. The van der Waals surface area contributed by atoms with E-state index in [4.69, 9.17) is 0 Å². The number of carbonyl (C=O) groups excluding carboxylic acids is 2. The van der Waals surface area contributed by atoms with Gasteiger partial charge in [0.2, 0.25) is 0 Å². The number of amides is 1. The number of esters is 1. The molecule has 0 radical (unpaired) electrons. The van der Waals surface area contributed by atoms with Gasteiger partial charge in [0.05, 0.1) is 7.11 Å². The van der Waals surface area contributed by atoms with E-state index in [1.165, 1.54) is 17.6 Å². The molecule has 0 aliphatic rings. The fourth-order valence-corrected chi connectivity index (χ4v) is 1.78. The summed E-state index contributed by atoms with van der Waals surface area (Å²) in [6, 6.07) is 8.12. The van der Waals surface area contributed by atoms with Crippen LogP contribution in [-0.4, -0.2) is 30.9 Å². The molecule has 1 atom stereocenters. The average molecular weight is 263 g/mol. The topological polar surface area (TPSA) is 46.6 Å². The number of ether oxygens (including phenoxy) is 1. The van der Waals surface area contributed by atoms with Gasteiger partial charge in [0.25, 0.3) is 0 Å². The number of hydrogen-bond acceptors (Lipinski definition) is 3. The van der Waals surface area contributed by atoms with Crippen LogP contribution in [0.2, 0.25) is 0 Å². The van der Waals surface area contributed by atoms with Crippen molar-refractivity contribution in [2.24, 2.45) is 0 Å². The molecule has 1 rings (SSSR count). The Labute approximate surface area is 114 Å². The first-order valence-electron chi connectivity index (χ1n) is 6.41. The number of benzene rings is 1. The van der Waals surface area contributed by atoms with E-state index in [1.807, 2.05) is 12.1 Å². The fourth-order valence-electron chi connectivity index (χ4n) is 1.78. The number of hydrogen-bond donors (Lipinski definition) is 0. The molecule has 0 aromatic heterocycles. The molecule has 0 bridgehead atoms. The molecule has 0 spiro atoms. The molecular formula is C15H21NO3. The van der Waals surface area contributed by atoms with Gasteiger partial charge in [-0.2, -0.15) is 0 Å². The van der Waals surface area contributed by atoms with Crippen molar-refractivity contribution in [1.29, 1.82) is 0 Å². The maximum Gasteiger partial charge on any atom is 0.396 e. The van der Waals surface area contributed by atoms with Crippen LogP contribution in [-0.2, 0) is 20.9 Å². The number of rotatable bonds is 4. The molecule has 4 nitrogen and oxygen atoms in total. The van der Waals surface area contributed by atoms with E-state index in [-0.39, 0.29) is 0 Å². The third kappa shape index (κ3) is 4.09. The van der Waals surface area contributed by atoms with Crippen LogP contribution in [0, 0.1) is 0 Å². The summed E-state index contributed by atoms with van der Waals surface area (Å²) in [6.07, 6.45) is 1.10. The van der Waals surface area contributed by atoms with Crippen LogP contribution in [0.3, 0.4) is 0 Å². The second-order valence-electron chi connectivity index (χ2n) is 4.70. The third-order valence-electron chi connectivity index (χ3n) is 3.29. The van der Waals surface area contributed by atoms with Crippen molar-refractivity contribution >= 4 is 11.9 Å². The van der Waals surface area contributed by atoms with Gasteiger partial charge in [0, 0.05) is 13.6 Å². The minimum Gasteiger partial charge on any atom is -0.462 e. The van der Waals surface area contributed by atoms with Gasteiger partial charge in [-0.1, -0.05) is 38.1 Å². The molecule has 0 aliphatic heterocycles. The Bertz CT molecular complexity index is 439. The Kier molecular flexibility index (Phi) is 5.55. The maximum absolute atomic E-state index is 11.6. The van der Waals surface area contributed by atoms with E-state index in [2.05, 4.69) is 30.7 Å². The van der Waals surface area contributed by atoms with Crippen LogP contribution in [0.4, 0.5) is 0 Å². The van der Waals surface area contributed by atoms with Crippen molar-refractivity contribution in [3.05, 3.63) is 35.4 Å². The highest BCUT2D eigenvalue weighted by Crippen LogP contribution is 2.19. The lowest BCUT2D eigenvalue weighted by Crippen LogP contribution is -2.33. The second kappa shape index (κ2) is 6.92. The Morgan fingerprint density at radius 2 is 1.84 bits per heavy atom. The molecular weight excluding hydrogens is 242 g/mol. The van der Waals surface area contributed by atoms with Gasteiger partial charge in [-0.3, -0.25) is 4.79 Å². The van der Waals surface area contributed by atoms with E-state index in [1.54, 1.807) is 7.05 Å². The van der Waals surface area contributed by atoms with Gasteiger partial charge in [-0.25, -0.2) is 4.79 Å². The van der Waals surface area contributed by atoms with Gasteiger partial charge < -0.3 is 9.64 Å². The minimum atomic E-state index is -0.835. The van der Waals surface area contributed by atoms with E-state index >= 15 is 0 Å². The first-order valence-corrected chi connectivity index (χ1v) is 6.41. The van der Waals surface area contributed by atoms with Crippen molar-refractivity contribution < 1.29 is 14.3 Å². The predicted molar refractivity (Wildman–Crippen MR) is 73.6 cm³/mol. The Hall–Kier alpha value is -1.84. The molecule has 1 amide bonds. The summed E-state index contributed by atoms with van der Waals surface area (Å²) in [4.78, 5) is 24.0. The molecule has 0 heterocycles. The number of methoxy groups -OCH3 is 1. The summed E-state index contributed by atoms with van der Waals surface area (Å²) in [6.45, 7) is 4.73. The fraction of sp³-hybridized carbons (Fsp3) is 0.467. The third-order valence-corrected chi connectivity index (χ3v) is 3.29. The van der Waals surface area contributed by atoms with Crippen molar-refractivity contribution in [2.45, 2.75) is 32.7 Å². The molecule has 0 saturated heterocycles. The molecule has 0 saturated carbocycles. The van der Waals surface area contributed by atoms with Gasteiger partial charge in [-0.05, 0) is 23.5 Å². The Morgan fingerprint density at radius 3 is 2.32 bits per heavy atom. The smallest absolute Gasteiger partial charge is 0.396 e. The van der Waals surface area contributed by atoms with E-state index in [9.17, 15) is 9.59 Å². The van der Waals surface area contributed by atoms with Crippen molar-refractivity contribution in [3.8, 4) is 0 Å². The monoisotopic (exact) mass is 263 g/mol. The van der Waals surface area contributed by atoms with Crippen LogP contribution in [0.25, 0.3) is 0 Å². The predicted octanol–water partition coefficient (Wildman–Crippen LogP) is 2.33. The Morgan fingerprint density at radius 1 is 1.26 bits per heavy atom. The molecule has 1 unspecified atom stereocenters. The maximum atomic E-state index is 11.6. The lowest BCUT2D eigenvalue weighted by molar-refractivity contribution is -0.157. The number of likely N-dealkylation sites (N-methyl/N-ethyl adjacent to an activating group) is 1. The lowest BCUT2D eigenvalue weighted by Gasteiger charge is -2.16. The van der Waals surface area contributed by atoms with Crippen molar-refractivity contribution in [3.63, 3.8) is 0 Å². The molecule has 0 fully saturated rings. The van der Waals surface area contributed by atoms with Crippen LogP contribution in [0.5, 0.6) is 0 Å². The molecule has 19 heavy (non-hydrogen) atoms. The first-order chi connectivity index (χ1) is 8.99. The zero-order valence-corrected chi connectivity index (χ0v) is 12.0. The van der Waals surface area contributed by atoms with Gasteiger partial charge in [-0.15, -0.1) is 0 Å². The molecule has 0 aliphatic carbocycles. The summed E-state index contributed by atoms with van der Waals surface area (Å²) >= 11 is 0. The quantitative estimate of drug-likeness (QED) is 0.618. The highest BCUT2D eigenvalue weighted by Gasteiger charge is 2.19. The largest absolute Gasteiger partial charge is 0.462 e. The Balaban J connectivity index is 2.67. The lowest BCUT2D eigenvalue weighted by atomic mass is 9.97. The average Bonchev–Trinajstić information content (AvgIpc) is 2.45. The zero-order valence-electron chi connectivity index (χ0n) is 12.0.